The number of nitrogens with zero attached hydrogens (tertiary/aromatic N) is 4. The summed E-state index contributed by atoms with van der Waals surface area (Å²) in [5, 5.41) is 15.9. The van der Waals surface area contributed by atoms with E-state index in [-0.39, 0.29) is 24.3 Å². The SMILES string of the molecule is COc1ccc(CCN(C)C(=O)CN2CCCCC(N=C(NC#N)Nc3ccc4oc(C)cc4c3)C2=O)cc1C. The summed E-state index contributed by atoms with van der Waals surface area (Å²) in [7, 11) is 3.40. The number of hydrogen-bond acceptors (Lipinski definition) is 6. The van der Waals surface area contributed by atoms with Gasteiger partial charge < -0.3 is 24.3 Å². The van der Waals surface area contributed by atoms with E-state index in [1.54, 1.807) is 24.0 Å². The van der Waals surface area contributed by atoms with E-state index < -0.39 is 6.04 Å². The van der Waals surface area contributed by atoms with Crippen molar-refractivity contribution < 1.29 is 18.7 Å². The number of hydrogen-bond donors (Lipinski definition) is 2. The number of aliphatic imine (C=N–C) groups is 1. The molecule has 1 fully saturated rings. The van der Waals surface area contributed by atoms with E-state index in [1.807, 2.05) is 56.4 Å². The molecule has 0 spiro atoms. The van der Waals surface area contributed by atoms with Crippen molar-refractivity contribution in [2.24, 2.45) is 4.99 Å². The Kier molecular flexibility index (Phi) is 9.27. The van der Waals surface area contributed by atoms with Gasteiger partial charge in [0.05, 0.1) is 13.7 Å². The van der Waals surface area contributed by atoms with Gasteiger partial charge in [-0.05, 0) is 81.0 Å². The highest BCUT2D eigenvalue weighted by Crippen LogP contribution is 2.23. The number of anilines is 1. The van der Waals surface area contributed by atoms with Crippen LogP contribution in [0.25, 0.3) is 11.0 Å². The van der Waals surface area contributed by atoms with Crippen molar-refractivity contribution in [3.8, 4) is 11.9 Å². The van der Waals surface area contributed by atoms with Crippen molar-refractivity contribution in [3.63, 3.8) is 0 Å². The maximum Gasteiger partial charge on any atom is 0.247 e. The van der Waals surface area contributed by atoms with Gasteiger partial charge in [-0.25, -0.2) is 4.99 Å². The molecule has 2 N–H and O–H groups in total. The van der Waals surface area contributed by atoms with Gasteiger partial charge in [0.2, 0.25) is 17.8 Å². The van der Waals surface area contributed by atoms with Crippen molar-refractivity contribution in [2.75, 3.05) is 39.1 Å². The second-order valence-electron chi connectivity index (χ2n) is 10.1. The molecular weight excluding hydrogens is 508 g/mol. The van der Waals surface area contributed by atoms with E-state index in [9.17, 15) is 14.9 Å². The normalized spacial score (nSPS) is 15.9. The van der Waals surface area contributed by atoms with Crippen molar-refractivity contribution in [3.05, 3.63) is 59.4 Å². The Bertz CT molecular complexity index is 1440. The lowest BCUT2D eigenvalue weighted by Crippen LogP contribution is -2.45. The van der Waals surface area contributed by atoms with E-state index in [1.165, 1.54) is 0 Å². The first kappa shape index (κ1) is 28.5. The molecule has 2 amide bonds. The van der Waals surface area contributed by atoms with Crippen LogP contribution in [0.5, 0.6) is 5.75 Å². The van der Waals surface area contributed by atoms with Gasteiger partial charge in [-0.1, -0.05) is 12.1 Å². The standard InChI is InChI=1S/C30H36N6O4/c1-20-15-22(8-10-26(20)39-4)12-14-35(3)28(37)18-36-13-6-5-7-25(29(36)38)34-30(32-19-31)33-24-9-11-27-23(17-24)16-21(2)40-27/h8-11,15-17,25H,5-7,12-14,18H2,1-4H3,(H2,32,33,34). The van der Waals surface area contributed by atoms with Gasteiger partial charge in [0.15, 0.2) is 6.19 Å². The molecule has 3 aromatic rings. The summed E-state index contributed by atoms with van der Waals surface area (Å²) >= 11 is 0. The molecule has 40 heavy (non-hydrogen) atoms. The first-order valence-corrected chi connectivity index (χ1v) is 13.4. The lowest BCUT2D eigenvalue weighted by atomic mass is 10.1. The van der Waals surface area contributed by atoms with Crippen LogP contribution in [0.4, 0.5) is 5.69 Å². The lowest BCUT2D eigenvalue weighted by molar-refractivity contribution is -0.140. The molecule has 0 aliphatic carbocycles. The number of ether oxygens (including phenoxy) is 1. The largest absolute Gasteiger partial charge is 0.496 e. The summed E-state index contributed by atoms with van der Waals surface area (Å²) in [4.78, 5) is 34.3. The average Bonchev–Trinajstić information content (AvgIpc) is 3.22. The van der Waals surface area contributed by atoms with Gasteiger partial charge in [0, 0.05) is 31.2 Å². The number of amides is 2. The predicted octanol–water partition coefficient (Wildman–Crippen LogP) is 3.98. The van der Waals surface area contributed by atoms with Crippen LogP contribution < -0.4 is 15.4 Å². The van der Waals surface area contributed by atoms with Gasteiger partial charge in [0.25, 0.3) is 0 Å². The Morgan fingerprint density at radius 3 is 2.80 bits per heavy atom. The van der Waals surface area contributed by atoms with Crippen LogP contribution >= 0.6 is 0 Å². The molecule has 0 saturated carbocycles. The Hall–Kier alpha value is -4.52. The van der Waals surface area contributed by atoms with Crippen LogP contribution in [-0.2, 0) is 16.0 Å². The average molecular weight is 545 g/mol. The van der Waals surface area contributed by atoms with Crippen LogP contribution in [0.1, 0.15) is 36.1 Å². The second kappa shape index (κ2) is 13.0. The third-order valence-corrected chi connectivity index (χ3v) is 7.06. The molecule has 210 valence electrons. The minimum atomic E-state index is -0.703. The Morgan fingerprint density at radius 1 is 1.23 bits per heavy atom. The van der Waals surface area contributed by atoms with Crippen molar-refractivity contribution in [1.29, 1.82) is 5.26 Å². The number of likely N-dealkylation sites (tertiary alicyclic amines) is 1. The number of rotatable bonds is 8. The topological polar surface area (TPSA) is 123 Å². The number of furan rings is 1. The van der Waals surface area contributed by atoms with Gasteiger partial charge in [-0.15, -0.1) is 0 Å². The molecule has 2 heterocycles. The third-order valence-electron chi connectivity index (χ3n) is 7.06. The number of carbonyl (C=O) groups excluding carboxylic acids is 2. The summed E-state index contributed by atoms with van der Waals surface area (Å²) in [5.74, 6) is 1.48. The predicted molar refractivity (Wildman–Crippen MR) is 154 cm³/mol. The molecule has 0 radical (unpaired) electrons. The number of carbonyl (C=O) groups is 2. The zero-order valence-corrected chi connectivity index (χ0v) is 23.5. The Morgan fingerprint density at radius 2 is 2.05 bits per heavy atom. The molecule has 1 aromatic heterocycles. The zero-order chi connectivity index (χ0) is 28.6. The van der Waals surface area contributed by atoms with E-state index in [4.69, 9.17) is 9.15 Å². The highest BCUT2D eigenvalue weighted by Gasteiger charge is 2.29. The van der Waals surface area contributed by atoms with Crippen molar-refractivity contribution in [1.82, 2.24) is 15.1 Å². The number of nitriles is 1. The number of nitrogens with one attached hydrogen (secondary N) is 2. The number of guanidine groups is 1. The van der Waals surface area contributed by atoms with E-state index >= 15 is 0 Å². The molecule has 1 aliphatic heterocycles. The molecular formula is C30H36N6O4. The second-order valence-corrected chi connectivity index (χ2v) is 10.1. The molecule has 2 aromatic carbocycles. The van der Waals surface area contributed by atoms with Crippen molar-refractivity contribution in [2.45, 2.75) is 45.6 Å². The number of likely N-dealkylation sites (N-methyl/N-ethyl adjacent to an activating group) is 1. The van der Waals surface area contributed by atoms with Gasteiger partial charge >= 0.3 is 0 Å². The summed E-state index contributed by atoms with van der Waals surface area (Å²) in [6, 6.07) is 12.8. The van der Waals surface area contributed by atoms with E-state index in [0.29, 0.717) is 31.6 Å². The monoisotopic (exact) mass is 544 g/mol. The number of benzene rings is 2. The molecule has 1 atom stereocenters. The smallest absolute Gasteiger partial charge is 0.247 e. The first-order chi connectivity index (χ1) is 19.3. The van der Waals surface area contributed by atoms with Crippen LogP contribution in [0.3, 0.4) is 0 Å². The Labute approximate surface area is 234 Å². The fraction of sp³-hybridized carbons (Fsp3) is 0.400. The van der Waals surface area contributed by atoms with Crippen molar-refractivity contribution >= 4 is 34.4 Å². The van der Waals surface area contributed by atoms with E-state index in [2.05, 4.69) is 21.7 Å². The summed E-state index contributed by atoms with van der Waals surface area (Å²) in [6.45, 7) is 4.90. The highest BCUT2D eigenvalue weighted by atomic mass is 16.5. The quantitative estimate of drug-likeness (QED) is 0.190. The summed E-state index contributed by atoms with van der Waals surface area (Å²) in [6.07, 6.45) is 4.70. The molecule has 1 aliphatic rings. The first-order valence-electron chi connectivity index (χ1n) is 13.4. The molecule has 10 heteroatoms. The third kappa shape index (κ3) is 7.11. The number of methoxy groups -OCH3 is 1. The zero-order valence-electron chi connectivity index (χ0n) is 23.5. The Balaban J connectivity index is 1.40. The van der Waals surface area contributed by atoms with Crippen LogP contribution in [0.15, 0.2) is 51.9 Å². The fourth-order valence-corrected chi connectivity index (χ4v) is 4.86. The number of aryl methyl sites for hydroxylation is 2. The van der Waals surface area contributed by atoms with Gasteiger partial charge in [0.1, 0.15) is 23.1 Å². The number of fused-ring (bicyclic) bond motifs is 1. The fourth-order valence-electron chi connectivity index (χ4n) is 4.86. The molecule has 4 rings (SSSR count). The summed E-state index contributed by atoms with van der Waals surface area (Å²) in [5.41, 5.74) is 3.63. The lowest BCUT2D eigenvalue weighted by Gasteiger charge is -2.25. The van der Waals surface area contributed by atoms with Crippen LogP contribution in [0, 0.1) is 25.3 Å². The molecule has 1 unspecified atom stereocenters. The van der Waals surface area contributed by atoms with Gasteiger partial charge in [-0.2, -0.15) is 5.26 Å². The molecule has 10 nitrogen and oxygen atoms in total. The molecule has 1 saturated heterocycles. The molecule has 0 bridgehead atoms. The maximum absolute atomic E-state index is 13.4. The highest BCUT2D eigenvalue weighted by molar-refractivity contribution is 5.98. The minimum absolute atomic E-state index is 0.00601. The maximum atomic E-state index is 13.4. The van der Waals surface area contributed by atoms with Crippen LogP contribution in [-0.4, -0.2) is 67.4 Å². The summed E-state index contributed by atoms with van der Waals surface area (Å²) < 4.78 is 10.9. The van der Waals surface area contributed by atoms with Gasteiger partial charge in [-0.3, -0.25) is 14.9 Å². The minimum Gasteiger partial charge on any atom is -0.496 e. The van der Waals surface area contributed by atoms with Crippen LogP contribution in [0.2, 0.25) is 0 Å². The van der Waals surface area contributed by atoms with E-state index in [0.717, 1.165) is 46.4 Å².